The summed E-state index contributed by atoms with van der Waals surface area (Å²) in [5.74, 6) is -0.388. The van der Waals surface area contributed by atoms with Gasteiger partial charge >= 0.3 is 16.1 Å². The van der Waals surface area contributed by atoms with Crippen molar-refractivity contribution in [2.24, 2.45) is 0 Å². The minimum Gasteiger partial charge on any atom is -0.465 e. The maximum atomic E-state index is 12.9. The van der Waals surface area contributed by atoms with Gasteiger partial charge in [-0.25, -0.2) is 4.79 Å². The normalized spacial score (nSPS) is 11.0. The van der Waals surface area contributed by atoms with E-state index in [1.807, 2.05) is 36.4 Å². The van der Waals surface area contributed by atoms with Gasteiger partial charge in [-0.3, -0.25) is 0 Å². The van der Waals surface area contributed by atoms with Crippen LogP contribution >= 0.6 is 0 Å². The summed E-state index contributed by atoms with van der Waals surface area (Å²) in [6, 6.07) is 20.7. The minimum absolute atomic E-state index is 0.0757. The Morgan fingerprint density at radius 1 is 0.852 bits per heavy atom. The van der Waals surface area contributed by atoms with Crippen molar-refractivity contribution in [3.8, 4) is 16.9 Å². The van der Waals surface area contributed by atoms with Gasteiger partial charge in [0.2, 0.25) is 0 Å². The van der Waals surface area contributed by atoms with Crippen LogP contribution in [0.15, 0.2) is 77.7 Å². The molecule has 0 aliphatic carbocycles. The topological polar surface area (TPSA) is 69.7 Å². The molecule has 0 radical (unpaired) electrons. The molecule has 0 saturated heterocycles. The van der Waals surface area contributed by atoms with E-state index in [0.29, 0.717) is 5.56 Å². The second-order valence-electron chi connectivity index (χ2n) is 5.82. The molecule has 0 aromatic heterocycles. The van der Waals surface area contributed by atoms with Gasteiger partial charge in [0.25, 0.3) is 0 Å². The van der Waals surface area contributed by atoms with Gasteiger partial charge in [-0.05, 0) is 36.2 Å². The van der Waals surface area contributed by atoms with E-state index in [1.165, 1.54) is 25.3 Å². The molecule has 0 spiro atoms. The molecular formula is C21H18O5S. The third kappa shape index (κ3) is 3.85. The van der Waals surface area contributed by atoms with Crippen LogP contribution in [-0.4, -0.2) is 21.5 Å². The van der Waals surface area contributed by atoms with Crippen LogP contribution in [0.1, 0.15) is 15.9 Å². The summed E-state index contributed by atoms with van der Waals surface area (Å²) in [6.07, 6.45) is 0. The average Bonchev–Trinajstić information content (AvgIpc) is 2.68. The van der Waals surface area contributed by atoms with Crippen molar-refractivity contribution in [1.29, 1.82) is 0 Å². The molecular weight excluding hydrogens is 364 g/mol. The van der Waals surface area contributed by atoms with Crippen molar-refractivity contribution in [2.45, 2.75) is 11.8 Å². The first kappa shape index (κ1) is 18.7. The Morgan fingerprint density at radius 2 is 1.52 bits per heavy atom. The average molecular weight is 382 g/mol. The van der Waals surface area contributed by atoms with E-state index in [-0.39, 0.29) is 21.8 Å². The van der Waals surface area contributed by atoms with Crippen LogP contribution in [0.5, 0.6) is 5.75 Å². The van der Waals surface area contributed by atoms with Crippen LogP contribution in [0.25, 0.3) is 11.1 Å². The van der Waals surface area contributed by atoms with E-state index in [9.17, 15) is 13.2 Å². The highest BCUT2D eigenvalue weighted by molar-refractivity contribution is 7.87. The lowest BCUT2D eigenvalue weighted by Crippen LogP contribution is -2.14. The number of carbonyl (C=O) groups is 1. The van der Waals surface area contributed by atoms with Gasteiger partial charge < -0.3 is 8.92 Å². The molecule has 0 amide bonds. The number of benzene rings is 3. The Hall–Kier alpha value is -3.12. The van der Waals surface area contributed by atoms with Crippen molar-refractivity contribution in [3.63, 3.8) is 0 Å². The third-order valence-electron chi connectivity index (χ3n) is 4.13. The largest absolute Gasteiger partial charge is 0.465 e. The molecule has 0 N–H and O–H groups in total. The fourth-order valence-corrected chi connectivity index (χ4v) is 3.98. The predicted octanol–water partition coefficient (Wildman–Crippen LogP) is 4.22. The smallest absolute Gasteiger partial charge is 0.339 e. The highest BCUT2D eigenvalue weighted by Gasteiger charge is 2.24. The monoisotopic (exact) mass is 382 g/mol. The molecule has 5 nitrogen and oxygen atoms in total. The molecule has 3 rings (SSSR count). The van der Waals surface area contributed by atoms with Gasteiger partial charge in [0.05, 0.1) is 12.7 Å². The SMILES string of the molecule is COC(=O)c1cccc(S(=O)(=O)Oc2ccccc2-c2ccccc2)c1C. The summed E-state index contributed by atoms with van der Waals surface area (Å²) in [5, 5.41) is 0. The second-order valence-corrected chi connectivity index (χ2v) is 7.33. The fourth-order valence-electron chi connectivity index (χ4n) is 2.77. The molecule has 6 heteroatoms. The number of carbonyl (C=O) groups excluding carboxylic acids is 1. The molecule has 27 heavy (non-hydrogen) atoms. The highest BCUT2D eigenvalue weighted by atomic mass is 32.2. The van der Waals surface area contributed by atoms with Crippen LogP contribution in [0.4, 0.5) is 0 Å². The number of para-hydroxylation sites is 1. The lowest BCUT2D eigenvalue weighted by molar-refractivity contribution is 0.0599. The van der Waals surface area contributed by atoms with Crippen molar-refractivity contribution in [2.75, 3.05) is 7.11 Å². The van der Waals surface area contributed by atoms with Gasteiger partial charge in [0.15, 0.2) is 5.75 Å². The summed E-state index contributed by atoms with van der Waals surface area (Å²) in [6.45, 7) is 1.55. The second kappa shape index (κ2) is 7.63. The molecule has 0 saturated carbocycles. The molecule has 0 bridgehead atoms. The Labute approximate surface area is 158 Å². The van der Waals surface area contributed by atoms with E-state index in [0.717, 1.165) is 5.56 Å². The van der Waals surface area contributed by atoms with Gasteiger partial charge in [0.1, 0.15) is 4.90 Å². The van der Waals surface area contributed by atoms with Gasteiger partial charge in [-0.1, -0.05) is 54.6 Å². The lowest BCUT2D eigenvalue weighted by atomic mass is 10.1. The van der Waals surface area contributed by atoms with Gasteiger partial charge in [0, 0.05) is 5.56 Å². The summed E-state index contributed by atoms with van der Waals surface area (Å²) in [5.41, 5.74) is 1.95. The first-order valence-electron chi connectivity index (χ1n) is 8.21. The Bertz CT molecular complexity index is 1070. The van der Waals surface area contributed by atoms with E-state index >= 15 is 0 Å². The fraction of sp³-hybridized carbons (Fsp3) is 0.0952. The molecule has 0 fully saturated rings. The Balaban J connectivity index is 2.04. The number of esters is 1. The third-order valence-corrected chi connectivity index (χ3v) is 5.51. The predicted molar refractivity (Wildman–Crippen MR) is 102 cm³/mol. The van der Waals surface area contributed by atoms with Crippen molar-refractivity contribution >= 4 is 16.1 Å². The zero-order valence-electron chi connectivity index (χ0n) is 14.9. The Kier molecular flexibility index (Phi) is 5.28. The van der Waals surface area contributed by atoms with E-state index in [1.54, 1.807) is 25.1 Å². The van der Waals surface area contributed by atoms with Gasteiger partial charge in [-0.15, -0.1) is 0 Å². The zero-order valence-corrected chi connectivity index (χ0v) is 15.7. The van der Waals surface area contributed by atoms with Gasteiger partial charge in [-0.2, -0.15) is 8.42 Å². The number of hydrogen-bond acceptors (Lipinski definition) is 5. The minimum atomic E-state index is -4.15. The first-order valence-corrected chi connectivity index (χ1v) is 9.62. The molecule has 3 aromatic carbocycles. The van der Waals surface area contributed by atoms with E-state index < -0.39 is 16.1 Å². The molecule has 138 valence electrons. The number of methoxy groups -OCH3 is 1. The van der Waals surface area contributed by atoms with Crippen molar-refractivity contribution in [3.05, 3.63) is 83.9 Å². The number of ether oxygens (including phenoxy) is 1. The standard InChI is InChI=1S/C21H18O5S/c1-15-17(21(22)25-2)12-8-14-20(15)27(23,24)26-19-13-7-6-11-18(19)16-9-4-3-5-10-16/h3-14H,1-2H3. The highest BCUT2D eigenvalue weighted by Crippen LogP contribution is 2.32. The van der Waals surface area contributed by atoms with Crippen LogP contribution in [0.2, 0.25) is 0 Å². The van der Waals surface area contributed by atoms with Crippen LogP contribution in [-0.2, 0) is 14.9 Å². The quantitative estimate of drug-likeness (QED) is 0.488. The maximum absolute atomic E-state index is 12.9. The van der Waals surface area contributed by atoms with E-state index in [4.69, 9.17) is 8.92 Å². The van der Waals surface area contributed by atoms with Crippen LogP contribution in [0.3, 0.4) is 0 Å². The summed E-state index contributed by atoms with van der Waals surface area (Å²) in [7, 11) is -2.90. The van der Waals surface area contributed by atoms with E-state index in [2.05, 4.69) is 0 Å². The summed E-state index contributed by atoms with van der Waals surface area (Å²) >= 11 is 0. The maximum Gasteiger partial charge on any atom is 0.339 e. The molecule has 0 heterocycles. The van der Waals surface area contributed by atoms with Crippen molar-refractivity contribution in [1.82, 2.24) is 0 Å². The zero-order chi connectivity index (χ0) is 19.4. The molecule has 3 aromatic rings. The molecule has 0 aliphatic rings. The molecule has 0 unspecified atom stereocenters. The van der Waals surface area contributed by atoms with Crippen molar-refractivity contribution < 1.29 is 22.1 Å². The first-order chi connectivity index (χ1) is 12.9. The van der Waals surface area contributed by atoms with Crippen LogP contribution < -0.4 is 4.18 Å². The molecule has 0 atom stereocenters. The summed E-state index contributed by atoms with van der Waals surface area (Å²) < 4.78 is 35.9. The molecule has 0 aliphatic heterocycles. The number of hydrogen-bond donors (Lipinski definition) is 0. The summed E-state index contributed by atoms with van der Waals surface area (Å²) in [4.78, 5) is 11.8. The van der Waals surface area contributed by atoms with Crippen LogP contribution in [0, 0.1) is 6.92 Å². The number of rotatable bonds is 5. The lowest BCUT2D eigenvalue weighted by Gasteiger charge is -2.14. The Morgan fingerprint density at radius 3 is 2.22 bits per heavy atom.